The molecular weight excluding hydrogens is 241 g/mol. The van der Waals surface area contributed by atoms with Gasteiger partial charge in [0.25, 0.3) is 0 Å². The lowest BCUT2D eigenvalue weighted by molar-refractivity contribution is 0.306. The number of ether oxygens (including phenoxy) is 1. The van der Waals surface area contributed by atoms with Crippen LogP contribution in [0.3, 0.4) is 0 Å². The van der Waals surface area contributed by atoms with Gasteiger partial charge >= 0.3 is 0 Å². The summed E-state index contributed by atoms with van der Waals surface area (Å²) in [6, 6.07) is 12.1. The second-order valence-corrected chi connectivity index (χ2v) is 3.99. The normalized spacial score (nSPS) is 10.2. The Balaban J connectivity index is 2.12. The number of anilines is 1. The quantitative estimate of drug-likeness (QED) is 0.846. The molecule has 2 rings (SSSR count). The lowest BCUT2D eigenvalue weighted by atomic mass is 10.2. The minimum Gasteiger partial charge on any atom is -0.487 e. The molecule has 0 atom stereocenters. The summed E-state index contributed by atoms with van der Waals surface area (Å²) >= 11 is 5.59. The third-order valence-electron chi connectivity index (χ3n) is 2.29. The summed E-state index contributed by atoms with van der Waals surface area (Å²) in [4.78, 5) is 0. The van der Waals surface area contributed by atoms with E-state index in [1.165, 1.54) is 12.1 Å². The second kappa shape index (κ2) is 5.06. The van der Waals surface area contributed by atoms with Gasteiger partial charge in [-0.15, -0.1) is 0 Å². The number of nitrogen functional groups attached to an aromatic ring is 1. The van der Waals surface area contributed by atoms with E-state index >= 15 is 0 Å². The smallest absolute Gasteiger partial charge is 0.145 e. The summed E-state index contributed by atoms with van der Waals surface area (Å²) in [6.07, 6.45) is 0. The van der Waals surface area contributed by atoms with Gasteiger partial charge in [0.2, 0.25) is 0 Å². The van der Waals surface area contributed by atoms with Crippen LogP contribution in [-0.4, -0.2) is 0 Å². The maximum atomic E-state index is 13.2. The van der Waals surface area contributed by atoms with Gasteiger partial charge in [-0.2, -0.15) is 0 Å². The van der Waals surface area contributed by atoms with E-state index in [1.807, 2.05) is 30.3 Å². The molecule has 0 amide bonds. The number of halogens is 2. The van der Waals surface area contributed by atoms with E-state index in [1.54, 1.807) is 0 Å². The highest BCUT2D eigenvalue weighted by Crippen LogP contribution is 2.28. The molecule has 0 saturated heterocycles. The molecular formula is C13H11ClFNO. The van der Waals surface area contributed by atoms with E-state index in [4.69, 9.17) is 22.1 Å². The molecule has 0 spiro atoms. The third-order valence-corrected chi connectivity index (χ3v) is 2.58. The predicted molar refractivity (Wildman–Crippen MR) is 66.6 cm³/mol. The summed E-state index contributed by atoms with van der Waals surface area (Å²) in [5.74, 6) is -0.236. The van der Waals surface area contributed by atoms with E-state index in [0.29, 0.717) is 18.0 Å². The van der Waals surface area contributed by atoms with Crippen LogP contribution in [0.1, 0.15) is 5.56 Å². The van der Waals surface area contributed by atoms with Crippen molar-refractivity contribution in [3.63, 3.8) is 0 Å². The molecule has 0 aliphatic heterocycles. The Morgan fingerprint density at radius 2 is 1.88 bits per heavy atom. The summed E-state index contributed by atoms with van der Waals surface area (Å²) < 4.78 is 18.7. The molecule has 0 unspecified atom stereocenters. The third kappa shape index (κ3) is 2.88. The Kier molecular flexibility index (Phi) is 3.49. The van der Waals surface area contributed by atoms with E-state index in [0.717, 1.165) is 5.56 Å². The van der Waals surface area contributed by atoms with Crippen LogP contribution >= 0.6 is 11.6 Å². The van der Waals surface area contributed by atoms with Gasteiger partial charge in [-0.1, -0.05) is 41.9 Å². The van der Waals surface area contributed by atoms with Crippen molar-refractivity contribution in [2.75, 3.05) is 5.73 Å². The number of benzene rings is 2. The zero-order valence-electron chi connectivity index (χ0n) is 8.99. The highest BCUT2D eigenvalue weighted by Gasteiger charge is 2.07. The van der Waals surface area contributed by atoms with E-state index in [2.05, 4.69) is 0 Å². The van der Waals surface area contributed by atoms with Crippen LogP contribution in [0.15, 0.2) is 42.5 Å². The maximum Gasteiger partial charge on any atom is 0.145 e. The Bertz CT molecular complexity index is 516. The van der Waals surface area contributed by atoms with Crippen molar-refractivity contribution < 1.29 is 9.13 Å². The van der Waals surface area contributed by atoms with Crippen LogP contribution in [0, 0.1) is 5.82 Å². The van der Waals surface area contributed by atoms with Gasteiger partial charge in [-0.05, 0) is 11.6 Å². The molecule has 2 aromatic rings. The second-order valence-electron chi connectivity index (χ2n) is 3.58. The molecule has 2 N–H and O–H groups in total. The summed E-state index contributed by atoms with van der Waals surface area (Å²) in [6.45, 7) is 0.339. The molecule has 0 fully saturated rings. The van der Waals surface area contributed by atoms with Crippen LogP contribution in [0.5, 0.6) is 5.75 Å². The van der Waals surface area contributed by atoms with Crippen molar-refractivity contribution >= 4 is 17.3 Å². The SMILES string of the molecule is Nc1cc(Cl)c(F)cc1OCc1ccccc1. The molecule has 4 heteroatoms. The minimum absolute atomic E-state index is 0.00504. The van der Waals surface area contributed by atoms with Crippen molar-refractivity contribution in [3.8, 4) is 5.75 Å². The van der Waals surface area contributed by atoms with E-state index in [-0.39, 0.29) is 5.02 Å². The molecule has 0 bridgehead atoms. The zero-order chi connectivity index (χ0) is 12.3. The van der Waals surface area contributed by atoms with Crippen LogP contribution in [0.25, 0.3) is 0 Å². The fourth-order valence-electron chi connectivity index (χ4n) is 1.40. The molecule has 0 aliphatic rings. The molecule has 88 valence electrons. The van der Waals surface area contributed by atoms with Crippen molar-refractivity contribution in [1.82, 2.24) is 0 Å². The average molecular weight is 252 g/mol. The van der Waals surface area contributed by atoms with Crippen molar-refractivity contribution in [3.05, 3.63) is 58.9 Å². The lowest BCUT2D eigenvalue weighted by Crippen LogP contribution is -1.99. The fraction of sp³-hybridized carbons (Fsp3) is 0.0769. The van der Waals surface area contributed by atoms with Gasteiger partial charge < -0.3 is 10.5 Å². The predicted octanol–water partition coefficient (Wildman–Crippen LogP) is 3.64. The van der Waals surface area contributed by atoms with Gasteiger partial charge in [-0.3, -0.25) is 0 Å². The highest BCUT2D eigenvalue weighted by molar-refractivity contribution is 6.31. The minimum atomic E-state index is -0.538. The van der Waals surface area contributed by atoms with Gasteiger partial charge in [-0.25, -0.2) is 4.39 Å². The molecule has 0 aromatic heterocycles. The number of rotatable bonds is 3. The Morgan fingerprint density at radius 1 is 1.18 bits per heavy atom. The zero-order valence-corrected chi connectivity index (χ0v) is 9.75. The van der Waals surface area contributed by atoms with Crippen molar-refractivity contribution in [1.29, 1.82) is 0 Å². The van der Waals surface area contributed by atoms with Gasteiger partial charge in [0.15, 0.2) is 0 Å². The monoisotopic (exact) mass is 251 g/mol. The molecule has 0 heterocycles. The first-order valence-electron chi connectivity index (χ1n) is 5.08. The Morgan fingerprint density at radius 3 is 2.59 bits per heavy atom. The Labute approximate surface area is 104 Å². The maximum absolute atomic E-state index is 13.2. The fourth-order valence-corrected chi connectivity index (χ4v) is 1.58. The molecule has 0 radical (unpaired) electrons. The molecule has 2 aromatic carbocycles. The summed E-state index contributed by atoms with van der Waals surface area (Å²) in [5, 5.41) is -0.00504. The lowest BCUT2D eigenvalue weighted by Gasteiger charge is -2.09. The van der Waals surface area contributed by atoms with Gasteiger partial charge in [0, 0.05) is 6.07 Å². The number of hydrogen-bond acceptors (Lipinski definition) is 2. The molecule has 2 nitrogen and oxygen atoms in total. The Hall–Kier alpha value is -1.74. The largest absolute Gasteiger partial charge is 0.487 e. The van der Waals surface area contributed by atoms with Gasteiger partial charge in [0.1, 0.15) is 18.2 Å². The van der Waals surface area contributed by atoms with Crippen LogP contribution in [0.4, 0.5) is 10.1 Å². The first kappa shape index (κ1) is 11.7. The van der Waals surface area contributed by atoms with Crippen LogP contribution in [0.2, 0.25) is 5.02 Å². The van der Waals surface area contributed by atoms with Gasteiger partial charge in [0.05, 0.1) is 10.7 Å². The number of nitrogens with two attached hydrogens (primary N) is 1. The van der Waals surface area contributed by atoms with Crippen molar-refractivity contribution in [2.45, 2.75) is 6.61 Å². The standard InChI is InChI=1S/C13H11ClFNO/c14-10-6-12(16)13(7-11(10)15)17-8-9-4-2-1-3-5-9/h1-7H,8,16H2. The summed E-state index contributed by atoms with van der Waals surface area (Å²) in [7, 11) is 0. The number of hydrogen-bond donors (Lipinski definition) is 1. The van der Waals surface area contributed by atoms with Crippen molar-refractivity contribution in [2.24, 2.45) is 0 Å². The highest BCUT2D eigenvalue weighted by atomic mass is 35.5. The molecule has 0 saturated carbocycles. The first-order chi connectivity index (χ1) is 8.16. The molecule has 17 heavy (non-hydrogen) atoms. The summed E-state index contributed by atoms with van der Waals surface area (Å²) in [5.41, 5.74) is 6.99. The van der Waals surface area contributed by atoms with Crippen LogP contribution < -0.4 is 10.5 Å². The molecule has 0 aliphatic carbocycles. The van der Waals surface area contributed by atoms with Crippen LogP contribution in [-0.2, 0) is 6.61 Å². The average Bonchev–Trinajstić information content (AvgIpc) is 2.33. The van der Waals surface area contributed by atoms with E-state index in [9.17, 15) is 4.39 Å². The van der Waals surface area contributed by atoms with E-state index < -0.39 is 5.82 Å². The topological polar surface area (TPSA) is 35.2 Å². The first-order valence-corrected chi connectivity index (χ1v) is 5.46.